The van der Waals surface area contributed by atoms with Crippen molar-refractivity contribution in [1.82, 2.24) is 7.96 Å². The van der Waals surface area contributed by atoms with Crippen molar-refractivity contribution < 1.29 is 0 Å². The van der Waals surface area contributed by atoms with Gasteiger partial charge in [0.2, 0.25) is 0 Å². The van der Waals surface area contributed by atoms with Gasteiger partial charge in [-0.15, -0.1) is 0 Å². The number of aryl methyl sites for hydroxylation is 2. The van der Waals surface area contributed by atoms with Crippen molar-refractivity contribution in [3.8, 4) is 0 Å². The van der Waals surface area contributed by atoms with E-state index in [4.69, 9.17) is 0 Å². The summed E-state index contributed by atoms with van der Waals surface area (Å²) < 4.78 is 8.87. The summed E-state index contributed by atoms with van der Waals surface area (Å²) in [5.74, 6) is 0. The van der Waals surface area contributed by atoms with Gasteiger partial charge in [-0.1, -0.05) is 0 Å². The maximum absolute atomic E-state index is 4.48. The SMILES string of the molecule is Cc1ccc(CNc2cccc3n[se]nc23)cc1C. The van der Waals surface area contributed by atoms with E-state index in [9.17, 15) is 0 Å². The second-order valence-corrected chi connectivity index (χ2v) is 5.82. The zero-order valence-corrected chi connectivity index (χ0v) is 12.7. The first-order valence-electron chi connectivity index (χ1n) is 6.25. The second-order valence-electron chi connectivity index (χ2n) is 4.71. The summed E-state index contributed by atoms with van der Waals surface area (Å²) in [6.07, 6.45) is 0. The predicted molar refractivity (Wildman–Crippen MR) is 79.7 cm³/mol. The minimum absolute atomic E-state index is 0.0283. The molecule has 0 amide bonds. The van der Waals surface area contributed by atoms with Gasteiger partial charge in [0.1, 0.15) is 0 Å². The van der Waals surface area contributed by atoms with Crippen molar-refractivity contribution in [1.29, 1.82) is 0 Å². The van der Waals surface area contributed by atoms with E-state index in [0.717, 1.165) is 23.3 Å². The number of hydrogen-bond acceptors (Lipinski definition) is 3. The zero-order valence-electron chi connectivity index (χ0n) is 11.0. The predicted octanol–water partition coefficient (Wildman–Crippen LogP) is 2.92. The van der Waals surface area contributed by atoms with Crippen LogP contribution in [0, 0.1) is 13.8 Å². The van der Waals surface area contributed by atoms with Crippen LogP contribution in [-0.2, 0) is 6.54 Å². The molecule has 2 aromatic carbocycles. The summed E-state index contributed by atoms with van der Waals surface area (Å²) in [5, 5.41) is 3.46. The van der Waals surface area contributed by atoms with E-state index in [-0.39, 0.29) is 15.0 Å². The molecule has 96 valence electrons. The average Bonchev–Trinajstić information content (AvgIpc) is 2.89. The Kier molecular flexibility index (Phi) is 3.36. The third kappa shape index (κ3) is 2.55. The Hall–Kier alpha value is -1.64. The van der Waals surface area contributed by atoms with Crippen LogP contribution < -0.4 is 5.32 Å². The number of benzene rings is 2. The summed E-state index contributed by atoms with van der Waals surface area (Å²) in [6.45, 7) is 5.11. The number of hydrogen-bond donors (Lipinski definition) is 1. The number of aromatic nitrogens is 2. The molecule has 0 saturated carbocycles. The van der Waals surface area contributed by atoms with Gasteiger partial charge in [0.25, 0.3) is 0 Å². The first-order valence-corrected chi connectivity index (χ1v) is 7.78. The van der Waals surface area contributed by atoms with E-state index in [1.165, 1.54) is 16.7 Å². The molecule has 0 aliphatic heterocycles. The fourth-order valence-corrected chi connectivity index (χ4v) is 3.21. The molecule has 0 aliphatic carbocycles. The van der Waals surface area contributed by atoms with Crippen LogP contribution >= 0.6 is 0 Å². The molecule has 0 saturated heterocycles. The van der Waals surface area contributed by atoms with Crippen LogP contribution in [-0.4, -0.2) is 22.9 Å². The van der Waals surface area contributed by atoms with Gasteiger partial charge in [-0.3, -0.25) is 0 Å². The Balaban J connectivity index is 1.82. The molecule has 4 heteroatoms. The molecule has 1 aromatic heterocycles. The van der Waals surface area contributed by atoms with Crippen LogP contribution in [0.5, 0.6) is 0 Å². The molecule has 0 aliphatic rings. The van der Waals surface area contributed by atoms with Gasteiger partial charge in [-0.25, -0.2) is 0 Å². The second kappa shape index (κ2) is 5.16. The summed E-state index contributed by atoms with van der Waals surface area (Å²) in [5.41, 5.74) is 7.08. The van der Waals surface area contributed by atoms with Gasteiger partial charge in [-0.05, 0) is 0 Å². The molecule has 0 atom stereocenters. The van der Waals surface area contributed by atoms with Crippen molar-refractivity contribution >= 4 is 31.7 Å². The number of rotatable bonds is 3. The van der Waals surface area contributed by atoms with Crippen LogP contribution in [0.15, 0.2) is 36.4 Å². The van der Waals surface area contributed by atoms with Gasteiger partial charge in [0.05, 0.1) is 0 Å². The van der Waals surface area contributed by atoms with Gasteiger partial charge < -0.3 is 0 Å². The molecule has 0 unspecified atom stereocenters. The molecular weight excluding hydrogens is 301 g/mol. The molecule has 0 bridgehead atoms. The molecule has 1 heterocycles. The standard InChI is InChI=1S/C15H15N3Se/c1-10-6-7-12(8-11(10)2)9-16-13-4-3-5-14-15(13)18-19-17-14/h3-8,16H,9H2,1-2H3. The van der Waals surface area contributed by atoms with Crippen molar-refractivity contribution in [3.05, 3.63) is 53.1 Å². The Morgan fingerprint density at radius 1 is 1.05 bits per heavy atom. The normalized spacial score (nSPS) is 10.8. The van der Waals surface area contributed by atoms with Gasteiger partial charge in [0.15, 0.2) is 0 Å². The van der Waals surface area contributed by atoms with Crippen LogP contribution in [0.3, 0.4) is 0 Å². The molecule has 0 spiro atoms. The van der Waals surface area contributed by atoms with Crippen LogP contribution in [0.4, 0.5) is 5.69 Å². The molecule has 19 heavy (non-hydrogen) atoms. The van der Waals surface area contributed by atoms with Crippen molar-refractivity contribution in [2.75, 3.05) is 5.32 Å². The van der Waals surface area contributed by atoms with Crippen molar-refractivity contribution in [2.45, 2.75) is 20.4 Å². The van der Waals surface area contributed by atoms with Crippen molar-refractivity contribution in [3.63, 3.8) is 0 Å². The van der Waals surface area contributed by atoms with E-state index in [1.54, 1.807) is 0 Å². The average molecular weight is 316 g/mol. The maximum atomic E-state index is 4.48. The van der Waals surface area contributed by atoms with Gasteiger partial charge >= 0.3 is 118 Å². The molecule has 0 fully saturated rings. The van der Waals surface area contributed by atoms with Crippen LogP contribution in [0.2, 0.25) is 0 Å². The molecule has 0 radical (unpaired) electrons. The van der Waals surface area contributed by atoms with E-state index < -0.39 is 0 Å². The van der Waals surface area contributed by atoms with Gasteiger partial charge in [-0.2, -0.15) is 0 Å². The van der Waals surface area contributed by atoms with Crippen LogP contribution in [0.1, 0.15) is 16.7 Å². The molecule has 3 nitrogen and oxygen atoms in total. The Bertz CT molecular complexity index is 718. The van der Waals surface area contributed by atoms with Crippen LogP contribution in [0.25, 0.3) is 11.0 Å². The number of nitrogens with zero attached hydrogens (tertiary/aromatic N) is 2. The molecule has 3 rings (SSSR count). The topological polar surface area (TPSA) is 37.8 Å². The fourth-order valence-electron chi connectivity index (χ4n) is 2.06. The Morgan fingerprint density at radius 3 is 2.79 bits per heavy atom. The summed E-state index contributed by atoms with van der Waals surface area (Å²) in [6, 6.07) is 12.7. The van der Waals surface area contributed by atoms with E-state index in [1.807, 2.05) is 12.1 Å². The third-order valence-electron chi connectivity index (χ3n) is 3.34. The van der Waals surface area contributed by atoms with E-state index >= 15 is 0 Å². The third-order valence-corrected chi connectivity index (χ3v) is 4.48. The van der Waals surface area contributed by atoms with Crippen molar-refractivity contribution in [2.24, 2.45) is 0 Å². The molecular formula is C15H15N3Se. The number of fused-ring (bicyclic) bond motifs is 1. The summed E-state index contributed by atoms with van der Waals surface area (Å²) in [4.78, 5) is 0. The molecule has 1 N–H and O–H groups in total. The summed E-state index contributed by atoms with van der Waals surface area (Å²) >= 11 is 0.0283. The Morgan fingerprint density at radius 2 is 1.95 bits per heavy atom. The summed E-state index contributed by atoms with van der Waals surface area (Å²) in [7, 11) is 0. The molecule has 3 aromatic rings. The first kappa shape index (κ1) is 12.4. The quantitative estimate of drug-likeness (QED) is 0.755. The monoisotopic (exact) mass is 317 g/mol. The number of anilines is 1. The number of nitrogens with one attached hydrogen (secondary N) is 1. The minimum atomic E-state index is 0.0283. The fraction of sp³-hybridized carbons (Fsp3) is 0.200. The van der Waals surface area contributed by atoms with E-state index in [2.05, 4.69) is 51.4 Å². The first-order chi connectivity index (χ1) is 9.24. The van der Waals surface area contributed by atoms with Gasteiger partial charge in [0, 0.05) is 0 Å². The van der Waals surface area contributed by atoms with E-state index in [0.29, 0.717) is 0 Å². The zero-order chi connectivity index (χ0) is 13.2. The Labute approximate surface area is 118 Å².